The van der Waals surface area contributed by atoms with Crippen molar-refractivity contribution in [3.63, 3.8) is 0 Å². The number of nitrogens with two attached hydrogens (primary N) is 2. The van der Waals surface area contributed by atoms with E-state index in [-0.39, 0.29) is 34.6 Å². The Morgan fingerprint density at radius 2 is 2.03 bits per heavy atom. The number of hydrogen-bond acceptors (Lipinski definition) is 6. The Balaban J connectivity index is 1.53. The number of halogens is 3. The van der Waals surface area contributed by atoms with Gasteiger partial charge in [0.2, 0.25) is 5.82 Å². The zero-order valence-corrected chi connectivity index (χ0v) is 15.8. The predicted octanol–water partition coefficient (Wildman–Crippen LogP) is 3.23. The fourth-order valence-electron chi connectivity index (χ4n) is 3.26. The van der Waals surface area contributed by atoms with E-state index in [0.717, 1.165) is 5.57 Å². The summed E-state index contributed by atoms with van der Waals surface area (Å²) in [6.45, 7) is 0.185. The van der Waals surface area contributed by atoms with E-state index in [4.69, 9.17) is 27.8 Å². The quantitative estimate of drug-likeness (QED) is 0.628. The Labute approximate surface area is 168 Å². The van der Waals surface area contributed by atoms with Gasteiger partial charge >= 0.3 is 0 Å². The summed E-state index contributed by atoms with van der Waals surface area (Å²) in [7, 11) is 0. The number of hydrogen-bond donors (Lipinski definition) is 2. The van der Waals surface area contributed by atoms with Crippen LogP contribution in [-0.2, 0) is 0 Å². The van der Waals surface area contributed by atoms with Crippen LogP contribution in [-0.4, -0.2) is 21.1 Å². The van der Waals surface area contributed by atoms with Gasteiger partial charge in [-0.3, -0.25) is 9.36 Å². The van der Waals surface area contributed by atoms with Gasteiger partial charge in [-0.2, -0.15) is 4.39 Å². The Hall–Kier alpha value is -3.20. The van der Waals surface area contributed by atoms with E-state index in [1.807, 2.05) is 6.08 Å². The van der Waals surface area contributed by atoms with Crippen LogP contribution in [0, 0.1) is 11.6 Å². The van der Waals surface area contributed by atoms with Gasteiger partial charge in [-0.25, -0.2) is 14.4 Å². The van der Waals surface area contributed by atoms with E-state index in [1.54, 1.807) is 6.07 Å². The van der Waals surface area contributed by atoms with Gasteiger partial charge in [0.15, 0.2) is 5.82 Å². The summed E-state index contributed by atoms with van der Waals surface area (Å²) in [5, 5.41) is 0.421. The smallest absolute Gasteiger partial charge is 0.292 e. The van der Waals surface area contributed by atoms with Crippen molar-refractivity contribution in [2.75, 3.05) is 18.1 Å². The Morgan fingerprint density at radius 3 is 2.83 bits per heavy atom. The van der Waals surface area contributed by atoms with Crippen LogP contribution in [0.5, 0.6) is 5.75 Å². The van der Waals surface area contributed by atoms with Gasteiger partial charge in [0.1, 0.15) is 30.3 Å². The molecule has 3 aromatic rings. The molecule has 1 aliphatic rings. The molecule has 0 aliphatic heterocycles. The van der Waals surface area contributed by atoms with Gasteiger partial charge in [-0.15, -0.1) is 0 Å². The predicted molar refractivity (Wildman–Crippen MR) is 106 cm³/mol. The van der Waals surface area contributed by atoms with Gasteiger partial charge in [0.25, 0.3) is 5.56 Å². The maximum Gasteiger partial charge on any atom is 0.292 e. The van der Waals surface area contributed by atoms with E-state index < -0.39 is 23.0 Å². The van der Waals surface area contributed by atoms with Gasteiger partial charge in [0, 0.05) is 17.5 Å². The third-order valence-corrected chi connectivity index (χ3v) is 5.08. The van der Waals surface area contributed by atoms with Gasteiger partial charge < -0.3 is 16.2 Å². The number of ether oxygens (including phenoxy) is 1. The number of aromatic nitrogens is 3. The second kappa shape index (κ2) is 7.32. The summed E-state index contributed by atoms with van der Waals surface area (Å²) in [5.74, 6) is -1.63. The first-order valence-electron chi connectivity index (χ1n) is 8.73. The zero-order valence-electron chi connectivity index (χ0n) is 15.0. The molecule has 29 heavy (non-hydrogen) atoms. The maximum absolute atomic E-state index is 14.3. The zero-order chi connectivity index (χ0) is 20.7. The summed E-state index contributed by atoms with van der Waals surface area (Å²) < 4.78 is 34.9. The first-order chi connectivity index (χ1) is 13.8. The van der Waals surface area contributed by atoms with Crippen LogP contribution in [0.1, 0.15) is 18.9 Å². The minimum Gasteiger partial charge on any atom is -0.489 e. The lowest BCUT2D eigenvalue weighted by molar-refractivity contribution is 0.347. The van der Waals surface area contributed by atoms with E-state index in [1.165, 1.54) is 23.0 Å². The van der Waals surface area contributed by atoms with Crippen LogP contribution in [0.2, 0.25) is 5.02 Å². The highest BCUT2D eigenvalue weighted by molar-refractivity contribution is 6.33. The molecule has 4 N–H and O–H groups in total. The van der Waals surface area contributed by atoms with Crippen molar-refractivity contribution in [1.29, 1.82) is 0 Å². The molecule has 0 amide bonds. The van der Waals surface area contributed by atoms with E-state index in [0.29, 0.717) is 18.4 Å². The Bertz CT molecular complexity index is 1210. The largest absolute Gasteiger partial charge is 0.489 e. The van der Waals surface area contributed by atoms with Crippen molar-refractivity contribution >= 4 is 34.1 Å². The van der Waals surface area contributed by atoms with Crippen LogP contribution in [0.4, 0.5) is 20.4 Å². The van der Waals surface area contributed by atoms with E-state index >= 15 is 0 Å². The summed E-state index contributed by atoms with van der Waals surface area (Å²) >= 11 is 5.89. The number of fused-ring (bicyclic) bond motifs is 1. The lowest BCUT2D eigenvalue weighted by Crippen LogP contribution is -2.27. The van der Waals surface area contributed by atoms with Crippen molar-refractivity contribution < 1.29 is 13.5 Å². The molecule has 2 heterocycles. The average molecular weight is 420 g/mol. The van der Waals surface area contributed by atoms with E-state index in [9.17, 15) is 13.6 Å². The monoisotopic (exact) mass is 419 g/mol. The topological polar surface area (TPSA) is 109 Å². The SMILES string of the molecule is Nc1nc2cc(OCC3=CC(n4cnc(N)c(F)c4=O)CC3)cc(F)c2cc1Cl. The number of nitrogens with zero attached hydrogens (tertiary/aromatic N) is 3. The molecule has 0 bridgehead atoms. The molecule has 0 spiro atoms. The third-order valence-electron chi connectivity index (χ3n) is 4.78. The Kier molecular flexibility index (Phi) is 4.83. The number of anilines is 2. The molecule has 1 atom stereocenters. The highest BCUT2D eigenvalue weighted by Crippen LogP contribution is 2.30. The first kappa shape index (κ1) is 19.1. The molecule has 2 aromatic heterocycles. The Morgan fingerprint density at radius 1 is 1.24 bits per heavy atom. The van der Waals surface area contributed by atoms with Crippen molar-refractivity contribution in [2.24, 2.45) is 0 Å². The fourth-order valence-corrected chi connectivity index (χ4v) is 3.41. The highest BCUT2D eigenvalue weighted by Gasteiger charge is 2.21. The molecule has 0 radical (unpaired) electrons. The van der Waals surface area contributed by atoms with Crippen LogP contribution in [0.25, 0.3) is 10.9 Å². The van der Waals surface area contributed by atoms with Crippen LogP contribution in [0.3, 0.4) is 0 Å². The highest BCUT2D eigenvalue weighted by atomic mass is 35.5. The van der Waals surface area contributed by atoms with Crippen molar-refractivity contribution in [3.05, 3.63) is 63.2 Å². The molecular weight excluding hydrogens is 404 g/mol. The van der Waals surface area contributed by atoms with Crippen LogP contribution in [0.15, 0.2) is 41.0 Å². The second-order valence-corrected chi connectivity index (χ2v) is 7.11. The van der Waals surface area contributed by atoms with Crippen LogP contribution < -0.4 is 21.8 Å². The summed E-state index contributed by atoms with van der Waals surface area (Å²) in [4.78, 5) is 19.8. The standard InChI is InChI=1S/C19H16ClF2N5O2/c20-13-6-12-14(21)4-11(5-15(12)26-17(13)23)29-7-9-1-2-10(3-9)27-8-25-18(24)16(22)19(27)28/h3-6,8,10H,1-2,7,24H2,(H2,23,26). The van der Waals surface area contributed by atoms with E-state index in [2.05, 4.69) is 9.97 Å². The van der Waals surface area contributed by atoms with Gasteiger partial charge in [-0.05, 0) is 24.5 Å². The van der Waals surface area contributed by atoms with Crippen LogP contribution >= 0.6 is 11.6 Å². The molecule has 1 aliphatic carbocycles. The number of nitrogen functional groups attached to an aromatic ring is 2. The lowest BCUT2D eigenvalue weighted by atomic mass is 10.2. The molecule has 0 fully saturated rings. The molecular formula is C19H16ClF2N5O2. The van der Waals surface area contributed by atoms with Gasteiger partial charge in [-0.1, -0.05) is 17.7 Å². The molecule has 1 unspecified atom stereocenters. The molecule has 150 valence electrons. The van der Waals surface area contributed by atoms with Crippen molar-refractivity contribution in [2.45, 2.75) is 18.9 Å². The second-order valence-electron chi connectivity index (χ2n) is 6.70. The molecule has 4 rings (SSSR count). The first-order valence-corrected chi connectivity index (χ1v) is 9.11. The maximum atomic E-state index is 14.3. The number of pyridine rings is 1. The number of allylic oxidation sites excluding steroid dienone is 1. The molecule has 10 heteroatoms. The molecule has 7 nitrogen and oxygen atoms in total. The fraction of sp³-hybridized carbons (Fsp3) is 0.211. The van der Waals surface area contributed by atoms with Crippen molar-refractivity contribution in [1.82, 2.24) is 14.5 Å². The minimum absolute atomic E-state index is 0.104. The summed E-state index contributed by atoms with van der Waals surface area (Å²) in [5.41, 5.74) is 11.4. The normalized spacial score (nSPS) is 16.2. The summed E-state index contributed by atoms with van der Waals surface area (Å²) in [6.07, 6.45) is 4.27. The van der Waals surface area contributed by atoms with Gasteiger partial charge in [0.05, 0.1) is 16.6 Å². The minimum atomic E-state index is -1.07. The third kappa shape index (κ3) is 3.61. The lowest BCUT2D eigenvalue weighted by Gasteiger charge is -2.11. The van der Waals surface area contributed by atoms with Crippen molar-refractivity contribution in [3.8, 4) is 5.75 Å². The molecule has 0 saturated heterocycles. The molecule has 0 saturated carbocycles. The number of rotatable bonds is 4. The number of benzene rings is 1. The molecule has 1 aromatic carbocycles. The average Bonchev–Trinajstić information content (AvgIpc) is 3.15. The summed E-state index contributed by atoms with van der Waals surface area (Å²) in [6, 6.07) is 3.88.